The Morgan fingerprint density at radius 1 is 1.18 bits per heavy atom. The second-order valence-electron chi connectivity index (χ2n) is 5.80. The van der Waals surface area contributed by atoms with Gasteiger partial charge in [0.25, 0.3) is 5.91 Å². The molecule has 0 radical (unpaired) electrons. The van der Waals surface area contributed by atoms with Gasteiger partial charge in [-0.25, -0.2) is 10.2 Å². The van der Waals surface area contributed by atoms with Gasteiger partial charge in [0.1, 0.15) is 16.4 Å². The third kappa shape index (κ3) is 4.47. The van der Waals surface area contributed by atoms with Crippen molar-refractivity contribution in [3.63, 3.8) is 0 Å². The lowest BCUT2D eigenvalue weighted by Crippen LogP contribution is -2.17. The third-order valence-corrected chi connectivity index (χ3v) is 4.63. The summed E-state index contributed by atoms with van der Waals surface area (Å²) in [5.41, 5.74) is 3.54. The Balaban J connectivity index is 1.67. The smallest absolute Gasteiger partial charge is 0.353 e. The maximum atomic E-state index is 12.1. The fourth-order valence-electron chi connectivity index (χ4n) is 2.48. The van der Waals surface area contributed by atoms with Crippen LogP contribution in [0.2, 0.25) is 0 Å². The Kier molecular flexibility index (Phi) is 5.90. The Morgan fingerprint density at radius 2 is 2.00 bits per heavy atom. The molecule has 0 saturated carbocycles. The van der Waals surface area contributed by atoms with Crippen LogP contribution in [0, 0.1) is 13.8 Å². The van der Waals surface area contributed by atoms with Crippen LogP contribution in [-0.2, 0) is 0 Å². The highest BCUT2D eigenvalue weighted by molar-refractivity contribution is 7.12. The first-order chi connectivity index (χ1) is 13.5. The summed E-state index contributed by atoms with van der Waals surface area (Å²) >= 11 is 1.30. The summed E-state index contributed by atoms with van der Waals surface area (Å²) in [7, 11) is 1.48. The van der Waals surface area contributed by atoms with E-state index in [0.717, 1.165) is 0 Å². The number of thiophene rings is 1. The number of rotatable bonds is 6. The molecule has 0 unspecified atom stereocenters. The van der Waals surface area contributed by atoms with Crippen molar-refractivity contribution in [2.24, 2.45) is 5.10 Å². The van der Waals surface area contributed by atoms with E-state index in [1.54, 1.807) is 55.6 Å². The third-order valence-electron chi connectivity index (χ3n) is 3.78. The van der Waals surface area contributed by atoms with Gasteiger partial charge >= 0.3 is 5.97 Å². The minimum atomic E-state index is -0.451. The first kappa shape index (κ1) is 19.4. The predicted molar refractivity (Wildman–Crippen MR) is 106 cm³/mol. The molecule has 3 rings (SSSR count). The van der Waals surface area contributed by atoms with Crippen molar-refractivity contribution in [1.29, 1.82) is 0 Å². The number of hydrogen-bond donors (Lipinski definition) is 1. The van der Waals surface area contributed by atoms with Crippen molar-refractivity contribution in [1.82, 2.24) is 5.43 Å². The Labute approximate surface area is 165 Å². The molecule has 1 N–H and O–H groups in total. The van der Waals surface area contributed by atoms with Gasteiger partial charge in [-0.3, -0.25) is 4.79 Å². The molecule has 8 heteroatoms. The molecule has 144 valence electrons. The van der Waals surface area contributed by atoms with E-state index in [2.05, 4.69) is 10.5 Å². The van der Waals surface area contributed by atoms with Gasteiger partial charge in [-0.1, -0.05) is 6.07 Å². The lowest BCUT2D eigenvalue weighted by molar-refractivity contribution is 0.0734. The van der Waals surface area contributed by atoms with Crippen LogP contribution < -0.4 is 14.9 Å². The molecule has 0 aliphatic heterocycles. The number of carbonyl (C=O) groups is 2. The van der Waals surface area contributed by atoms with Crippen molar-refractivity contribution < 1.29 is 23.5 Å². The summed E-state index contributed by atoms with van der Waals surface area (Å²) in [5.74, 6) is 1.05. The first-order valence-electron chi connectivity index (χ1n) is 8.32. The van der Waals surface area contributed by atoms with Crippen LogP contribution in [0.1, 0.15) is 37.1 Å². The van der Waals surface area contributed by atoms with E-state index in [0.29, 0.717) is 39.0 Å². The number of esters is 1. The van der Waals surface area contributed by atoms with Gasteiger partial charge in [0, 0.05) is 0 Å². The fraction of sp³-hybridized carbons (Fsp3) is 0.150. The van der Waals surface area contributed by atoms with Crippen molar-refractivity contribution in [3.8, 4) is 11.5 Å². The number of hydrazone groups is 1. The summed E-state index contributed by atoms with van der Waals surface area (Å²) in [6.45, 7) is 3.48. The molecule has 28 heavy (non-hydrogen) atoms. The lowest BCUT2D eigenvalue weighted by atomic mass is 10.2. The Bertz CT molecular complexity index is 1020. The molecule has 2 heterocycles. The first-order valence-corrected chi connectivity index (χ1v) is 9.20. The average Bonchev–Trinajstić information content (AvgIpc) is 3.32. The van der Waals surface area contributed by atoms with Gasteiger partial charge in [-0.15, -0.1) is 11.3 Å². The van der Waals surface area contributed by atoms with E-state index in [4.69, 9.17) is 13.9 Å². The fourth-order valence-corrected chi connectivity index (χ4v) is 3.07. The summed E-state index contributed by atoms with van der Waals surface area (Å²) in [5, 5.41) is 5.75. The van der Waals surface area contributed by atoms with E-state index >= 15 is 0 Å². The predicted octanol–water partition coefficient (Wildman–Crippen LogP) is 3.95. The van der Waals surface area contributed by atoms with Crippen LogP contribution in [0.15, 0.2) is 51.3 Å². The van der Waals surface area contributed by atoms with Crippen molar-refractivity contribution in [2.75, 3.05) is 7.11 Å². The topological polar surface area (TPSA) is 90.1 Å². The lowest BCUT2D eigenvalue weighted by Gasteiger charge is -2.09. The van der Waals surface area contributed by atoms with E-state index in [9.17, 15) is 9.59 Å². The summed E-state index contributed by atoms with van der Waals surface area (Å²) in [6.07, 6.45) is 1.47. The van der Waals surface area contributed by atoms with Crippen LogP contribution in [0.25, 0.3) is 0 Å². The number of methoxy groups -OCH3 is 1. The molecule has 0 aliphatic carbocycles. The van der Waals surface area contributed by atoms with Gasteiger partial charge in [-0.2, -0.15) is 5.10 Å². The molecular weight excluding hydrogens is 380 g/mol. The zero-order valence-electron chi connectivity index (χ0n) is 15.5. The van der Waals surface area contributed by atoms with Crippen LogP contribution in [0.5, 0.6) is 11.5 Å². The van der Waals surface area contributed by atoms with Gasteiger partial charge in [0.2, 0.25) is 0 Å². The number of amides is 1. The summed E-state index contributed by atoms with van der Waals surface area (Å²) < 4.78 is 16.0. The number of ether oxygens (including phenoxy) is 2. The number of nitrogens with zero attached hydrogens (tertiary/aromatic N) is 1. The van der Waals surface area contributed by atoms with E-state index in [1.807, 2.05) is 0 Å². The van der Waals surface area contributed by atoms with Crippen LogP contribution in [0.3, 0.4) is 0 Å². The normalized spacial score (nSPS) is 10.8. The highest BCUT2D eigenvalue weighted by Crippen LogP contribution is 2.28. The van der Waals surface area contributed by atoms with Crippen LogP contribution in [-0.4, -0.2) is 25.2 Å². The number of benzene rings is 1. The SMILES string of the molecule is COc1cc(/C=N/NC(=O)c2cc(C)oc2C)ccc1OC(=O)c1cccs1. The molecule has 1 aromatic carbocycles. The Hall–Kier alpha value is -3.39. The minimum absolute atomic E-state index is 0.298. The molecule has 0 atom stereocenters. The van der Waals surface area contributed by atoms with E-state index < -0.39 is 5.97 Å². The monoisotopic (exact) mass is 398 g/mol. The molecule has 0 spiro atoms. The molecule has 0 bridgehead atoms. The van der Waals surface area contributed by atoms with Crippen molar-refractivity contribution >= 4 is 29.4 Å². The zero-order chi connectivity index (χ0) is 20.1. The standard InChI is InChI=1S/C20H18N2O5S/c1-12-9-15(13(2)26-12)19(23)22-21-11-14-6-7-16(17(10-14)25-3)27-20(24)18-5-4-8-28-18/h4-11H,1-3H3,(H,22,23)/b21-11+. The molecule has 2 aromatic heterocycles. The molecule has 0 saturated heterocycles. The van der Waals surface area contributed by atoms with Gasteiger partial charge in [-0.05, 0) is 55.1 Å². The van der Waals surface area contributed by atoms with E-state index in [-0.39, 0.29) is 5.91 Å². The minimum Gasteiger partial charge on any atom is -0.493 e. The van der Waals surface area contributed by atoms with Gasteiger partial charge in [0.15, 0.2) is 11.5 Å². The second kappa shape index (κ2) is 8.53. The Morgan fingerprint density at radius 3 is 2.64 bits per heavy atom. The summed E-state index contributed by atoms with van der Waals surface area (Å²) in [6, 6.07) is 10.1. The number of carbonyl (C=O) groups excluding carboxylic acids is 2. The largest absolute Gasteiger partial charge is 0.493 e. The van der Waals surface area contributed by atoms with Gasteiger partial charge in [0.05, 0.1) is 18.9 Å². The van der Waals surface area contributed by atoms with Crippen molar-refractivity contribution in [3.05, 3.63) is 69.3 Å². The second-order valence-corrected chi connectivity index (χ2v) is 6.75. The molecular formula is C20H18N2O5S. The average molecular weight is 398 g/mol. The number of furan rings is 1. The number of nitrogens with one attached hydrogen (secondary N) is 1. The van der Waals surface area contributed by atoms with E-state index in [1.165, 1.54) is 24.7 Å². The zero-order valence-corrected chi connectivity index (χ0v) is 16.3. The highest BCUT2D eigenvalue weighted by atomic mass is 32.1. The number of hydrogen-bond acceptors (Lipinski definition) is 7. The van der Waals surface area contributed by atoms with Gasteiger partial charge < -0.3 is 13.9 Å². The molecule has 0 aliphatic rings. The summed E-state index contributed by atoms with van der Waals surface area (Å²) in [4.78, 5) is 24.7. The van der Waals surface area contributed by atoms with Crippen LogP contribution >= 0.6 is 11.3 Å². The quantitative estimate of drug-likeness (QED) is 0.294. The maximum Gasteiger partial charge on any atom is 0.353 e. The maximum absolute atomic E-state index is 12.1. The molecule has 3 aromatic rings. The molecule has 0 fully saturated rings. The highest BCUT2D eigenvalue weighted by Gasteiger charge is 2.14. The van der Waals surface area contributed by atoms with Crippen LogP contribution in [0.4, 0.5) is 0 Å². The molecule has 1 amide bonds. The molecule has 7 nitrogen and oxygen atoms in total. The number of aryl methyl sites for hydroxylation is 2. The van der Waals surface area contributed by atoms with Crippen molar-refractivity contribution in [2.45, 2.75) is 13.8 Å².